The molecule has 0 spiro atoms. The maximum absolute atomic E-state index is 12.2. The summed E-state index contributed by atoms with van der Waals surface area (Å²) in [5.41, 5.74) is 9.49. The van der Waals surface area contributed by atoms with Crippen LogP contribution in [0.4, 0.5) is 5.69 Å². The third-order valence-corrected chi connectivity index (χ3v) is 3.43. The molecule has 0 bridgehead atoms. The Balaban J connectivity index is 2.02. The maximum atomic E-state index is 12.2. The monoisotopic (exact) mass is 298 g/mol. The summed E-state index contributed by atoms with van der Waals surface area (Å²) < 4.78 is 5.75. The van der Waals surface area contributed by atoms with Crippen LogP contribution in [0.25, 0.3) is 0 Å². The zero-order chi connectivity index (χ0) is 16.1. The molecule has 116 valence electrons. The third kappa shape index (κ3) is 4.09. The molecule has 3 N–H and O–H groups in total. The van der Waals surface area contributed by atoms with Gasteiger partial charge in [-0.3, -0.25) is 4.79 Å². The van der Waals surface area contributed by atoms with E-state index in [9.17, 15) is 4.79 Å². The number of hydrogen-bond acceptors (Lipinski definition) is 3. The van der Waals surface area contributed by atoms with Crippen molar-refractivity contribution >= 4 is 11.6 Å². The van der Waals surface area contributed by atoms with E-state index in [0.717, 1.165) is 22.6 Å². The van der Waals surface area contributed by atoms with Crippen LogP contribution < -0.4 is 15.8 Å². The summed E-state index contributed by atoms with van der Waals surface area (Å²) in [6, 6.07) is 13.4. The zero-order valence-electron chi connectivity index (χ0n) is 13.2. The van der Waals surface area contributed by atoms with Gasteiger partial charge >= 0.3 is 0 Å². The second-order valence-electron chi connectivity index (χ2n) is 5.42. The number of rotatable bonds is 5. The number of nitrogens with one attached hydrogen (secondary N) is 1. The van der Waals surface area contributed by atoms with E-state index in [-0.39, 0.29) is 5.91 Å². The van der Waals surface area contributed by atoms with Crippen molar-refractivity contribution in [3.8, 4) is 5.75 Å². The summed E-state index contributed by atoms with van der Waals surface area (Å²) in [6.07, 6.45) is -0.581. The molecule has 0 heterocycles. The predicted molar refractivity (Wildman–Crippen MR) is 89.0 cm³/mol. The average molecular weight is 298 g/mol. The van der Waals surface area contributed by atoms with Crippen molar-refractivity contribution in [2.45, 2.75) is 33.4 Å². The van der Waals surface area contributed by atoms with Crippen molar-refractivity contribution < 1.29 is 9.53 Å². The molecule has 0 aliphatic heterocycles. The summed E-state index contributed by atoms with van der Waals surface area (Å²) in [5.74, 6) is 0.540. The Bertz CT molecular complexity index is 668. The van der Waals surface area contributed by atoms with Gasteiger partial charge in [-0.2, -0.15) is 0 Å². The highest BCUT2D eigenvalue weighted by Gasteiger charge is 2.16. The van der Waals surface area contributed by atoms with Gasteiger partial charge in [0.15, 0.2) is 6.10 Å². The molecule has 0 aliphatic rings. The first kappa shape index (κ1) is 16.0. The molecule has 4 nitrogen and oxygen atoms in total. The van der Waals surface area contributed by atoms with Gasteiger partial charge in [-0.15, -0.1) is 0 Å². The number of carbonyl (C=O) groups excluding carboxylic acids is 1. The van der Waals surface area contributed by atoms with Crippen LogP contribution in [0.15, 0.2) is 42.5 Å². The van der Waals surface area contributed by atoms with Crippen molar-refractivity contribution in [2.24, 2.45) is 5.73 Å². The molecule has 2 aromatic carbocycles. The molecule has 0 radical (unpaired) electrons. The molecule has 1 amide bonds. The predicted octanol–water partition coefficient (Wildman–Crippen LogP) is 3.17. The van der Waals surface area contributed by atoms with Gasteiger partial charge in [0.1, 0.15) is 5.75 Å². The van der Waals surface area contributed by atoms with E-state index in [1.54, 1.807) is 6.92 Å². The Morgan fingerprint density at radius 1 is 1.23 bits per heavy atom. The topological polar surface area (TPSA) is 64.3 Å². The third-order valence-electron chi connectivity index (χ3n) is 3.43. The Morgan fingerprint density at radius 2 is 2.00 bits per heavy atom. The largest absolute Gasteiger partial charge is 0.481 e. The lowest BCUT2D eigenvalue weighted by molar-refractivity contribution is -0.122. The van der Waals surface area contributed by atoms with Crippen LogP contribution in [-0.4, -0.2) is 12.0 Å². The smallest absolute Gasteiger partial charge is 0.265 e. The Hall–Kier alpha value is -2.33. The number of hydrogen-bond donors (Lipinski definition) is 2. The van der Waals surface area contributed by atoms with Crippen LogP contribution >= 0.6 is 0 Å². The van der Waals surface area contributed by atoms with Gasteiger partial charge in [-0.25, -0.2) is 0 Å². The van der Waals surface area contributed by atoms with Gasteiger partial charge in [0.25, 0.3) is 5.91 Å². The molecule has 1 unspecified atom stereocenters. The average Bonchev–Trinajstić information content (AvgIpc) is 2.50. The van der Waals surface area contributed by atoms with E-state index in [0.29, 0.717) is 6.54 Å². The molecule has 0 saturated heterocycles. The quantitative estimate of drug-likeness (QED) is 0.891. The fourth-order valence-electron chi connectivity index (χ4n) is 2.20. The SMILES string of the molecule is Cc1ccc(OC(C)C(=O)Nc2cccc(CN)c2)c(C)c1. The van der Waals surface area contributed by atoms with E-state index >= 15 is 0 Å². The first-order valence-electron chi connectivity index (χ1n) is 7.33. The zero-order valence-corrected chi connectivity index (χ0v) is 13.2. The standard InChI is InChI=1S/C18H22N2O2/c1-12-7-8-17(13(2)9-12)22-14(3)18(21)20-16-6-4-5-15(10-16)11-19/h4-10,14H,11,19H2,1-3H3,(H,20,21). The van der Waals surface area contributed by atoms with Gasteiger partial charge in [-0.05, 0) is 50.1 Å². The van der Waals surface area contributed by atoms with Crippen molar-refractivity contribution in [1.29, 1.82) is 0 Å². The van der Waals surface area contributed by atoms with E-state index in [2.05, 4.69) is 5.32 Å². The van der Waals surface area contributed by atoms with E-state index < -0.39 is 6.10 Å². The number of benzene rings is 2. The first-order valence-corrected chi connectivity index (χ1v) is 7.33. The van der Waals surface area contributed by atoms with Crippen molar-refractivity contribution in [2.75, 3.05) is 5.32 Å². The highest BCUT2D eigenvalue weighted by atomic mass is 16.5. The number of anilines is 1. The van der Waals surface area contributed by atoms with Crippen molar-refractivity contribution in [3.63, 3.8) is 0 Å². The van der Waals surface area contributed by atoms with Crippen LogP contribution in [0.1, 0.15) is 23.6 Å². The number of carbonyl (C=O) groups is 1. The second kappa shape index (κ2) is 7.09. The van der Waals surface area contributed by atoms with E-state index in [1.807, 2.05) is 56.3 Å². The molecule has 2 aromatic rings. The first-order chi connectivity index (χ1) is 10.5. The number of nitrogens with two attached hydrogens (primary N) is 1. The van der Waals surface area contributed by atoms with Gasteiger partial charge in [0.05, 0.1) is 0 Å². The van der Waals surface area contributed by atoms with Crippen LogP contribution in [0.5, 0.6) is 5.75 Å². The normalized spacial score (nSPS) is 11.8. The highest BCUT2D eigenvalue weighted by molar-refractivity contribution is 5.94. The van der Waals surface area contributed by atoms with Crippen LogP contribution in [0.2, 0.25) is 0 Å². The molecule has 0 aliphatic carbocycles. The Kier molecular flexibility index (Phi) is 5.17. The van der Waals surface area contributed by atoms with Crippen LogP contribution in [-0.2, 0) is 11.3 Å². The number of ether oxygens (including phenoxy) is 1. The van der Waals surface area contributed by atoms with Crippen LogP contribution in [0.3, 0.4) is 0 Å². The summed E-state index contributed by atoms with van der Waals surface area (Å²) in [7, 11) is 0. The molecule has 22 heavy (non-hydrogen) atoms. The van der Waals surface area contributed by atoms with Gasteiger partial charge in [-0.1, -0.05) is 29.8 Å². The molecular formula is C18H22N2O2. The Labute approximate surface area is 131 Å². The lowest BCUT2D eigenvalue weighted by atomic mass is 10.1. The molecule has 4 heteroatoms. The van der Waals surface area contributed by atoms with Crippen molar-refractivity contribution in [1.82, 2.24) is 0 Å². The van der Waals surface area contributed by atoms with E-state index in [4.69, 9.17) is 10.5 Å². The molecule has 2 rings (SSSR count). The fraction of sp³-hybridized carbons (Fsp3) is 0.278. The maximum Gasteiger partial charge on any atom is 0.265 e. The summed E-state index contributed by atoms with van der Waals surface area (Å²) in [6.45, 7) is 6.18. The van der Waals surface area contributed by atoms with Crippen LogP contribution in [0, 0.1) is 13.8 Å². The minimum Gasteiger partial charge on any atom is -0.481 e. The second-order valence-corrected chi connectivity index (χ2v) is 5.42. The van der Waals surface area contributed by atoms with E-state index in [1.165, 1.54) is 5.56 Å². The molecular weight excluding hydrogens is 276 g/mol. The molecule has 0 aromatic heterocycles. The molecule has 0 fully saturated rings. The summed E-state index contributed by atoms with van der Waals surface area (Å²) >= 11 is 0. The molecule has 1 atom stereocenters. The van der Waals surface area contributed by atoms with Crippen molar-refractivity contribution in [3.05, 3.63) is 59.2 Å². The van der Waals surface area contributed by atoms with Gasteiger partial charge in [0.2, 0.25) is 0 Å². The highest BCUT2D eigenvalue weighted by Crippen LogP contribution is 2.20. The number of aryl methyl sites for hydroxylation is 2. The summed E-state index contributed by atoms with van der Waals surface area (Å²) in [4.78, 5) is 12.2. The minimum atomic E-state index is -0.581. The van der Waals surface area contributed by atoms with Gasteiger partial charge < -0.3 is 15.8 Å². The summed E-state index contributed by atoms with van der Waals surface area (Å²) in [5, 5.41) is 2.85. The Morgan fingerprint density at radius 3 is 2.68 bits per heavy atom. The minimum absolute atomic E-state index is 0.186. The lowest BCUT2D eigenvalue weighted by Crippen LogP contribution is -2.30. The molecule has 0 saturated carbocycles. The van der Waals surface area contributed by atoms with Gasteiger partial charge in [0, 0.05) is 12.2 Å². The fourth-order valence-corrected chi connectivity index (χ4v) is 2.20. The lowest BCUT2D eigenvalue weighted by Gasteiger charge is -2.17. The number of amides is 1.